The summed E-state index contributed by atoms with van der Waals surface area (Å²) in [7, 11) is 1.83. The van der Waals surface area contributed by atoms with Crippen LogP contribution < -0.4 is 0 Å². The minimum Gasteiger partial charge on any atom is -0.461 e. The molecule has 4 aromatic rings. The number of aromatic nitrogens is 3. The van der Waals surface area contributed by atoms with Gasteiger partial charge in [0.2, 0.25) is 0 Å². The molecule has 0 aliphatic carbocycles. The Labute approximate surface area is 163 Å². The highest BCUT2D eigenvalue weighted by Crippen LogP contribution is 2.27. The lowest BCUT2D eigenvalue weighted by Crippen LogP contribution is -2.26. The predicted molar refractivity (Wildman–Crippen MR) is 107 cm³/mol. The van der Waals surface area contributed by atoms with Crippen LogP contribution in [0.1, 0.15) is 34.2 Å². The highest BCUT2D eigenvalue weighted by Gasteiger charge is 2.18. The van der Waals surface area contributed by atoms with E-state index in [4.69, 9.17) is 4.42 Å². The molecule has 0 radical (unpaired) electrons. The number of nitrogens with zero attached hydrogens (tertiary/aromatic N) is 4. The van der Waals surface area contributed by atoms with Crippen LogP contribution in [0.5, 0.6) is 0 Å². The Bertz CT molecular complexity index is 1080. The summed E-state index contributed by atoms with van der Waals surface area (Å²) in [5, 5.41) is 5.17. The third-order valence-corrected chi connectivity index (χ3v) is 4.86. The summed E-state index contributed by atoms with van der Waals surface area (Å²) in [6.45, 7) is 3.21. The zero-order valence-corrected chi connectivity index (χ0v) is 16.0. The third-order valence-electron chi connectivity index (χ3n) is 4.86. The first-order valence-electron chi connectivity index (χ1n) is 9.31. The van der Waals surface area contributed by atoms with Gasteiger partial charge in [-0.2, -0.15) is 5.10 Å². The second-order valence-corrected chi connectivity index (χ2v) is 6.80. The average molecular weight is 374 g/mol. The Morgan fingerprint density at radius 1 is 1.14 bits per heavy atom. The number of hydrogen-bond acceptors (Lipinski definition) is 4. The average Bonchev–Trinajstić information content (AvgIpc) is 3.36. The molecule has 28 heavy (non-hydrogen) atoms. The molecule has 6 heteroatoms. The van der Waals surface area contributed by atoms with Gasteiger partial charge in [-0.1, -0.05) is 37.3 Å². The van der Waals surface area contributed by atoms with E-state index in [0.717, 1.165) is 34.3 Å². The highest BCUT2D eigenvalue weighted by atomic mass is 16.3. The molecule has 0 bridgehead atoms. The van der Waals surface area contributed by atoms with Crippen LogP contribution in [0, 0.1) is 0 Å². The number of rotatable bonds is 6. The number of carbonyl (C=O) groups excluding carboxylic acids is 1. The molecule has 0 N–H and O–H groups in total. The van der Waals surface area contributed by atoms with Crippen molar-refractivity contribution in [3.63, 3.8) is 0 Å². The van der Waals surface area contributed by atoms with E-state index in [1.165, 1.54) is 6.33 Å². The van der Waals surface area contributed by atoms with Gasteiger partial charge in [0.15, 0.2) is 0 Å². The minimum absolute atomic E-state index is 0.0142. The van der Waals surface area contributed by atoms with E-state index in [0.29, 0.717) is 18.7 Å². The van der Waals surface area contributed by atoms with E-state index in [9.17, 15) is 4.79 Å². The van der Waals surface area contributed by atoms with Gasteiger partial charge in [0.25, 0.3) is 5.91 Å². The number of amides is 1. The molecule has 0 aliphatic rings. The van der Waals surface area contributed by atoms with E-state index in [1.54, 1.807) is 15.9 Å². The highest BCUT2D eigenvalue weighted by molar-refractivity contribution is 5.94. The van der Waals surface area contributed by atoms with Crippen molar-refractivity contribution in [3.8, 4) is 0 Å². The third kappa shape index (κ3) is 3.53. The number of carbonyl (C=O) groups is 1. The maximum absolute atomic E-state index is 12.9. The Kier molecular flexibility index (Phi) is 4.93. The fourth-order valence-corrected chi connectivity index (χ4v) is 3.39. The van der Waals surface area contributed by atoms with Gasteiger partial charge in [0, 0.05) is 36.5 Å². The van der Waals surface area contributed by atoms with Crippen molar-refractivity contribution in [2.45, 2.75) is 26.4 Å². The number of furan rings is 1. The molecule has 1 amide bonds. The summed E-state index contributed by atoms with van der Waals surface area (Å²) in [5.41, 5.74) is 3.68. The van der Waals surface area contributed by atoms with Crippen molar-refractivity contribution in [1.29, 1.82) is 0 Å². The van der Waals surface area contributed by atoms with Crippen LogP contribution in [0.3, 0.4) is 0 Å². The van der Waals surface area contributed by atoms with Gasteiger partial charge in [0.1, 0.15) is 24.0 Å². The molecular formula is C22H22N4O2. The lowest BCUT2D eigenvalue weighted by Gasteiger charge is -2.18. The van der Waals surface area contributed by atoms with Gasteiger partial charge in [-0.25, -0.2) is 9.67 Å². The van der Waals surface area contributed by atoms with E-state index < -0.39 is 0 Å². The second-order valence-electron chi connectivity index (χ2n) is 6.80. The van der Waals surface area contributed by atoms with Crippen LogP contribution in [-0.2, 0) is 19.5 Å². The SMILES string of the molecule is CCc1oc2ccccc2c1CN(C)C(=O)c1ccc(Cn2cncn2)cc1. The largest absolute Gasteiger partial charge is 0.461 e. The molecule has 6 nitrogen and oxygen atoms in total. The molecule has 0 atom stereocenters. The number of hydrogen-bond donors (Lipinski definition) is 0. The topological polar surface area (TPSA) is 64.2 Å². The fourth-order valence-electron chi connectivity index (χ4n) is 3.39. The van der Waals surface area contributed by atoms with E-state index in [-0.39, 0.29) is 5.91 Å². The maximum atomic E-state index is 12.9. The first-order valence-corrected chi connectivity index (χ1v) is 9.31. The predicted octanol–water partition coefficient (Wildman–Crippen LogP) is 3.91. The molecule has 0 spiro atoms. The molecular weight excluding hydrogens is 352 g/mol. The number of aryl methyl sites for hydroxylation is 1. The number of para-hydroxylation sites is 1. The molecule has 4 rings (SSSR count). The van der Waals surface area contributed by atoms with Gasteiger partial charge in [-0.15, -0.1) is 0 Å². The van der Waals surface area contributed by atoms with E-state index in [1.807, 2.05) is 55.6 Å². The van der Waals surface area contributed by atoms with Crippen molar-refractivity contribution in [1.82, 2.24) is 19.7 Å². The van der Waals surface area contributed by atoms with Gasteiger partial charge in [-0.05, 0) is 23.8 Å². The van der Waals surface area contributed by atoms with Crippen LogP contribution in [0.4, 0.5) is 0 Å². The van der Waals surface area contributed by atoms with Crippen molar-refractivity contribution in [2.24, 2.45) is 0 Å². The lowest BCUT2D eigenvalue weighted by atomic mass is 10.1. The lowest BCUT2D eigenvalue weighted by molar-refractivity contribution is 0.0785. The molecule has 0 fully saturated rings. The molecule has 2 aromatic carbocycles. The minimum atomic E-state index is -0.0142. The quantitative estimate of drug-likeness (QED) is 0.513. The zero-order valence-electron chi connectivity index (χ0n) is 16.0. The molecule has 2 aromatic heterocycles. The van der Waals surface area contributed by atoms with Crippen LogP contribution in [0.25, 0.3) is 11.0 Å². The Morgan fingerprint density at radius 2 is 1.93 bits per heavy atom. The zero-order chi connectivity index (χ0) is 19.5. The summed E-state index contributed by atoms with van der Waals surface area (Å²) in [6, 6.07) is 15.6. The summed E-state index contributed by atoms with van der Waals surface area (Å²) in [6.07, 6.45) is 3.98. The van der Waals surface area contributed by atoms with Crippen molar-refractivity contribution in [2.75, 3.05) is 7.05 Å². The van der Waals surface area contributed by atoms with Crippen molar-refractivity contribution in [3.05, 3.63) is 83.6 Å². The molecule has 0 unspecified atom stereocenters. The van der Waals surface area contributed by atoms with Gasteiger partial charge < -0.3 is 9.32 Å². The van der Waals surface area contributed by atoms with Crippen LogP contribution >= 0.6 is 0 Å². The summed E-state index contributed by atoms with van der Waals surface area (Å²) < 4.78 is 7.70. The van der Waals surface area contributed by atoms with Crippen molar-refractivity contribution < 1.29 is 9.21 Å². The second kappa shape index (κ2) is 7.68. The number of benzene rings is 2. The standard InChI is InChI=1S/C22H22N4O2/c1-3-20-19(18-6-4-5-7-21(18)28-20)13-25(2)22(27)17-10-8-16(9-11-17)12-26-15-23-14-24-26/h4-11,14-15H,3,12-13H2,1-2H3. The normalized spacial score (nSPS) is 11.1. The van der Waals surface area contributed by atoms with E-state index in [2.05, 4.69) is 17.0 Å². The Balaban J connectivity index is 1.51. The maximum Gasteiger partial charge on any atom is 0.253 e. The monoisotopic (exact) mass is 374 g/mol. The Hall–Kier alpha value is -3.41. The Morgan fingerprint density at radius 3 is 2.64 bits per heavy atom. The first kappa shape index (κ1) is 18.0. The van der Waals surface area contributed by atoms with Gasteiger partial charge >= 0.3 is 0 Å². The van der Waals surface area contributed by atoms with Gasteiger partial charge in [-0.3, -0.25) is 4.79 Å². The smallest absolute Gasteiger partial charge is 0.253 e. The molecule has 0 saturated heterocycles. The molecule has 0 saturated carbocycles. The molecule has 0 aliphatic heterocycles. The first-order chi connectivity index (χ1) is 13.7. The summed E-state index contributed by atoms with van der Waals surface area (Å²) >= 11 is 0. The van der Waals surface area contributed by atoms with Crippen LogP contribution in [0.15, 0.2) is 65.6 Å². The van der Waals surface area contributed by atoms with E-state index >= 15 is 0 Å². The summed E-state index contributed by atoms with van der Waals surface area (Å²) in [5.74, 6) is 0.920. The van der Waals surface area contributed by atoms with Gasteiger partial charge in [0.05, 0.1) is 6.54 Å². The van der Waals surface area contributed by atoms with Crippen molar-refractivity contribution >= 4 is 16.9 Å². The molecule has 2 heterocycles. The van der Waals surface area contributed by atoms with Crippen LogP contribution in [-0.4, -0.2) is 32.6 Å². The molecule has 142 valence electrons. The fraction of sp³-hybridized carbons (Fsp3) is 0.227. The van der Waals surface area contributed by atoms with Crippen LogP contribution in [0.2, 0.25) is 0 Å². The summed E-state index contributed by atoms with van der Waals surface area (Å²) in [4.78, 5) is 18.6. The number of fused-ring (bicyclic) bond motifs is 1.